The molecular formula is C24H38BNO3S. The third-order valence-corrected chi connectivity index (χ3v) is 6.06. The van der Waals surface area contributed by atoms with Crippen LogP contribution in [0.15, 0.2) is 49.6 Å². The number of rotatable bonds is 18. The molecule has 0 aliphatic rings. The molecule has 0 saturated carbocycles. The average Bonchev–Trinajstić information content (AvgIpc) is 2.74. The predicted octanol–water partition coefficient (Wildman–Crippen LogP) is 4.42. The van der Waals surface area contributed by atoms with E-state index in [-0.39, 0.29) is 5.12 Å². The van der Waals surface area contributed by atoms with Crippen molar-refractivity contribution in [3.63, 3.8) is 0 Å². The van der Waals surface area contributed by atoms with E-state index in [0.29, 0.717) is 11.0 Å². The topological polar surface area (TPSA) is 60.8 Å². The Morgan fingerprint density at radius 1 is 0.867 bits per heavy atom. The zero-order valence-electron chi connectivity index (χ0n) is 18.3. The van der Waals surface area contributed by atoms with E-state index in [1.165, 1.54) is 63.1 Å². The Morgan fingerprint density at radius 3 is 1.87 bits per heavy atom. The Kier molecular flexibility index (Phi) is 15.4. The molecule has 4 nitrogen and oxygen atoms in total. The van der Waals surface area contributed by atoms with Crippen molar-refractivity contribution >= 4 is 29.5 Å². The summed E-state index contributed by atoms with van der Waals surface area (Å²) in [4.78, 5) is 14.5. The van der Waals surface area contributed by atoms with Crippen LogP contribution < -0.4 is 5.46 Å². The molecule has 1 rings (SSSR count). The normalized spacial score (nSPS) is 10.9. The Labute approximate surface area is 187 Å². The summed E-state index contributed by atoms with van der Waals surface area (Å²) in [6.45, 7) is 10.6. The van der Waals surface area contributed by atoms with Crippen molar-refractivity contribution in [1.82, 2.24) is 4.90 Å². The summed E-state index contributed by atoms with van der Waals surface area (Å²) in [6.07, 6.45) is 15.1. The number of benzene rings is 1. The molecule has 0 aliphatic carbocycles. The maximum atomic E-state index is 12.1. The molecule has 1 aromatic rings. The Bertz CT molecular complexity index is 597. The van der Waals surface area contributed by atoms with Crippen molar-refractivity contribution in [1.29, 1.82) is 0 Å². The third-order valence-electron chi connectivity index (χ3n) is 5.07. The summed E-state index contributed by atoms with van der Waals surface area (Å²) in [5.41, 5.74) is 1.01. The number of hydrogen-bond donors (Lipinski definition) is 2. The summed E-state index contributed by atoms with van der Waals surface area (Å²) in [7, 11) is -1.49. The molecule has 0 aliphatic heterocycles. The van der Waals surface area contributed by atoms with Gasteiger partial charge in [-0.1, -0.05) is 93.1 Å². The van der Waals surface area contributed by atoms with Crippen LogP contribution >= 0.6 is 11.8 Å². The lowest BCUT2D eigenvalue weighted by atomic mass is 9.80. The van der Waals surface area contributed by atoms with Crippen LogP contribution in [-0.4, -0.2) is 52.6 Å². The van der Waals surface area contributed by atoms with Crippen LogP contribution in [0.5, 0.6) is 0 Å². The quantitative estimate of drug-likeness (QED) is 0.205. The fraction of sp³-hybridized carbons (Fsp3) is 0.542. The zero-order chi connectivity index (χ0) is 22.0. The van der Waals surface area contributed by atoms with Crippen LogP contribution in [0.25, 0.3) is 0 Å². The van der Waals surface area contributed by atoms with E-state index < -0.39 is 7.12 Å². The van der Waals surface area contributed by atoms with Gasteiger partial charge in [0.05, 0.1) is 0 Å². The summed E-state index contributed by atoms with van der Waals surface area (Å²) < 4.78 is 0. The third kappa shape index (κ3) is 12.4. The van der Waals surface area contributed by atoms with Crippen LogP contribution in [0.1, 0.15) is 68.1 Å². The minimum Gasteiger partial charge on any atom is -0.423 e. The first-order valence-corrected chi connectivity index (χ1v) is 12.1. The van der Waals surface area contributed by atoms with Gasteiger partial charge in [0.25, 0.3) is 0 Å². The van der Waals surface area contributed by atoms with E-state index in [1.807, 2.05) is 12.2 Å². The van der Waals surface area contributed by atoms with Gasteiger partial charge in [0.1, 0.15) is 0 Å². The standard InChI is InChI=1S/C24H38BNO3S/c1-3-18-26(19-4-2)20-12-10-8-6-5-7-9-11-13-21-30-24(27)22-14-16-23(17-15-22)25(28)29/h3-4,14-17,28-29H,1-2,5-13,18-21H2. The van der Waals surface area contributed by atoms with E-state index >= 15 is 0 Å². The number of nitrogens with zero attached hydrogens (tertiary/aromatic N) is 1. The minimum absolute atomic E-state index is 0.0497. The maximum absolute atomic E-state index is 12.1. The lowest BCUT2D eigenvalue weighted by Crippen LogP contribution is -2.29. The van der Waals surface area contributed by atoms with Crippen molar-refractivity contribution in [3.8, 4) is 0 Å². The summed E-state index contributed by atoms with van der Waals surface area (Å²) >= 11 is 1.35. The predicted molar refractivity (Wildman–Crippen MR) is 131 cm³/mol. The second kappa shape index (κ2) is 17.4. The molecule has 0 amide bonds. The molecule has 0 spiro atoms. The molecule has 2 N–H and O–H groups in total. The molecule has 0 bridgehead atoms. The highest BCUT2D eigenvalue weighted by Crippen LogP contribution is 2.16. The van der Waals surface area contributed by atoms with Crippen LogP contribution in [0.4, 0.5) is 0 Å². The highest BCUT2D eigenvalue weighted by molar-refractivity contribution is 8.14. The summed E-state index contributed by atoms with van der Waals surface area (Å²) in [5.74, 6) is 0.842. The summed E-state index contributed by atoms with van der Waals surface area (Å²) in [6, 6.07) is 6.47. The first kappa shape index (κ1) is 26.7. The molecule has 6 heteroatoms. The molecule has 166 valence electrons. The van der Waals surface area contributed by atoms with Gasteiger partial charge in [-0.2, -0.15) is 0 Å². The van der Waals surface area contributed by atoms with Gasteiger partial charge < -0.3 is 10.0 Å². The SMILES string of the molecule is C=CCN(CC=C)CCCCCCCCCCCSC(=O)c1ccc(B(O)O)cc1. The monoisotopic (exact) mass is 431 g/mol. The second-order valence-electron chi connectivity index (χ2n) is 7.65. The van der Waals surface area contributed by atoms with Gasteiger partial charge in [-0.15, -0.1) is 13.2 Å². The number of thioether (sulfide) groups is 1. The van der Waals surface area contributed by atoms with E-state index in [2.05, 4.69) is 18.1 Å². The Hall–Kier alpha value is -1.34. The van der Waals surface area contributed by atoms with E-state index in [1.54, 1.807) is 24.3 Å². The molecule has 0 atom stereocenters. The number of hydrogen-bond acceptors (Lipinski definition) is 5. The molecule has 0 unspecified atom stereocenters. The molecule has 1 aromatic carbocycles. The Balaban J connectivity index is 1.95. The highest BCUT2D eigenvalue weighted by Gasteiger charge is 2.12. The van der Waals surface area contributed by atoms with Gasteiger partial charge in [0.15, 0.2) is 0 Å². The molecule has 30 heavy (non-hydrogen) atoms. The van der Waals surface area contributed by atoms with Crippen molar-refractivity contribution in [2.75, 3.05) is 25.4 Å². The van der Waals surface area contributed by atoms with Crippen LogP contribution in [0.3, 0.4) is 0 Å². The lowest BCUT2D eigenvalue weighted by Gasteiger charge is -2.18. The number of carbonyl (C=O) groups excluding carboxylic acids is 1. The van der Waals surface area contributed by atoms with Crippen molar-refractivity contribution in [2.24, 2.45) is 0 Å². The van der Waals surface area contributed by atoms with Gasteiger partial charge in [-0.25, -0.2) is 0 Å². The second-order valence-corrected chi connectivity index (χ2v) is 8.72. The van der Waals surface area contributed by atoms with Crippen molar-refractivity contribution in [3.05, 3.63) is 55.1 Å². The van der Waals surface area contributed by atoms with E-state index in [9.17, 15) is 4.79 Å². The zero-order valence-corrected chi connectivity index (χ0v) is 19.1. The largest absolute Gasteiger partial charge is 0.488 e. The fourth-order valence-corrected chi connectivity index (χ4v) is 4.17. The van der Waals surface area contributed by atoms with Crippen LogP contribution in [-0.2, 0) is 0 Å². The Morgan fingerprint density at radius 2 is 1.37 bits per heavy atom. The van der Waals surface area contributed by atoms with Gasteiger partial charge in [-0.05, 0) is 24.8 Å². The van der Waals surface area contributed by atoms with E-state index in [4.69, 9.17) is 10.0 Å². The molecule has 0 radical (unpaired) electrons. The minimum atomic E-state index is -1.49. The van der Waals surface area contributed by atoms with E-state index in [0.717, 1.165) is 31.8 Å². The summed E-state index contributed by atoms with van der Waals surface area (Å²) in [5, 5.41) is 18.2. The molecule has 0 aromatic heterocycles. The molecule has 0 heterocycles. The van der Waals surface area contributed by atoms with Gasteiger partial charge >= 0.3 is 7.12 Å². The van der Waals surface area contributed by atoms with Gasteiger partial charge in [0.2, 0.25) is 5.12 Å². The van der Waals surface area contributed by atoms with Crippen molar-refractivity contribution in [2.45, 2.75) is 57.8 Å². The first-order valence-electron chi connectivity index (χ1n) is 11.2. The van der Waals surface area contributed by atoms with Crippen LogP contribution in [0.2, 0.25) is 0 Å². The maximum Gasteiger partial charge on any atom is 0.488 e. The fourth-order valence-electron chi connectivity index (χ4n) is 3.34. The van der Waals surface area contributed by atoms with Crippen LogP contribution in [0, 0.1) is 0 Å². The highest BCUT2D eigenvalue weighted by atomic mass is 32.2. The molecule has 0 saturated heterocycles. The molecular weight excluding hydrogens is 393 g/mol. The number of carbonyl (C=O) groups is 1. The van der Waals surface area contributed by atoms with Gasteiger partial charge in [0, 0.05) is 24.4 Å². The first-order chi connectivity index (χ1) is 14.6. The smallest absolute Gasteiger partial charge is 0.423 e. The van der Waals surface area contributed by atoms with Crippen molar-refractivity contribution < 1.29 is 14.8 Å². The molecule has 0 fully saturated rings. The van der Waals surface area contributed by atoms with Gasteiger partial charge in [-0.3, -0.25) is 9.69 Å². The lowest BCUT2D eigenvalue weighted by molar-refractivity contribution is 0.108. The average molecular weight is 431 g/mol. The number of unbranched alkanes of at least 4 members (excludes halogenated alkanes) is 8.